The van der Waals surface area contributed by atoms with Gasteiger partial charge in [-0.1, -0.05) is 6.07 Å². The summed E-state index contributed by atoms with van der Waals surface area (Å²) in [6.07, 6.45) is 1.88. The zero-order chi connectivity index (χ0) is 17.2. The summed E-state index contributed by atoms with van der Waals surface area (Å²) in [5.74, 6) is 0.529. The smallest absolute Gasteiger partial charge is 0.253 e. The minimum absolute atomic E-state index is 0.0550. The summed E-state index contributed by atoms with van der Waals surface area (Å²) in [6.45, 7) is 5.82. The molecular weight excluding hydrogens is 318 g/mol. The standard InChI is InChI=1S/C19H25N3O3/c23-13-17-12-22(11-16(17)10-21-5-7-25-8-6-21)19(24)15-2-1-14-3-4-20-18(14)9-15/h1-4,9,16-17,20,23H,5-8,10-13H2/t16-,17-/m1/s1. The van der Waals surface area contributed by atoms with Crippen molar-refractivity contribution in [2.75, 3.05) is 52.5 Å². The zero-order valence-electron chi connectivity index (χ0n) is 14.4. The number of morpholine rings is 1. The normalized spacial score (nSPS) is 24.9. The van der Waals surface area contributed by atoms with E-state index in [-0.39, 0.29) is 18.4 Å². The number of aromatic amines is 1. The van der Waals surface area contributed by atoms with E-state index in [2.05, 4.69) is 9.88 Å². The Kier molecular flexibility index (Phi) is 4.74. The molecule has 134 valence electrons. The molecule has 6 nitrogen and oxygen atoms in total. The summed E-state index contributed by atoms with van der Waals surface area (Å²) in [7, 11) is 0. The zero-order valence-corrected chi connectivity index (χ0v) is 14.4. The number of amides is 1. The molecule has 0 radical (unpaired) electrons. The first-order valence-corrected chi connectivity index (χ1v) is 9.02. The summed E-state index contributed by atoms with van der Waals surface area (Å²) in [5, 5.41) is 10.9. The van der Waals surface area contributed by atoms with Gasteiger partial charge in [0.1, 0.15) is 0 Å². The highest BCUT2D eigenvalue weighted by atomic mass is 16.5. The van der Waals surface area contributed by atoms with E-state index in [9.17, 15) is 9.90 Å². The van der Waals surface area contributed by atoms with Crippen molar-refractivity contribution in [2.45, 2.75) is 0 Å². The second kappa shape index (κ2) is 7.15. The van der Waals surface area contributed by atoms with Crippen molar-refractivity contribution in [3.63, 3.8) is 0 Å². The van der Waals surface area contributed by atoms with E-state index in [4.69, 9.17) is 4.74 Å². The van der Waals surface area contributed by atoms with Gasteiger partial charge in [0.2, 0.25) is 0 Å². The van der Waals surface area contributed by atoms with Gasteiger partial charge in [-0.2, -0.15) is 0 Å². The summed E-state index contributed by atoms with van der Waals surface area (Å²) in [5.41, 5.74) is 1.69. The van der Waals surface area contributed by atoms with E-state index in [1.807, 2.05) is 35.4 Å². The molecule has 2 aromatic rings. The van der Waals surface area contributed by atoms with Gasteiger partial charge in [-0.25, -0.2) is 0 Å². The van der Waals surface area contributed by atoms with Gasteiger partial charge in [-0.3, -0.25) is 9.69 Å². The number of fused-ring (bicyclic) bond motifs is 1. The van der Waals surface area contributed by atoms with Crippen molar-refractivity contribution < 1.29 is 14.6 Å². The summed E-state index contributed by atoms with van der Waals surface area (Å²) in [4.78, 5) is 20.4. The topological polar surface area (TPSA) is 68.8 Å². The van der Waals surface area contributed by atoms with E-state index in [0.29, 0.717) is 24.6 Å². The number of benzene rings is 1. The van der Waals surface area contributed by atoms with Gasteiger partial charge in [-0.05, 0) is 29.5 Å². The van der Waals surface area contributed by atoms with E-state index < -0.39 is 0 Å². The number of H-pyrrole nitrogens is 1. The average molecular weight is 343 g/mol. The van der Waals surface area contributed by atoms with Gasteiger partial charge >= 0.3 is 0 Å². The molecule has 2 aliphatic rings. The predicted octanol–water partition coefficient (Wildman–Crippen LogP) is 1.18. The number of aliphatic hydroxyl groups excluding tert-OH is 1. The third-order valence-corrected chi connectivity index (χ3v) is 5.50. The number of nitrogens with zero attached hydrogens (tertiary/aromatic N) is 2. The lowest BCUT2D eigenvalue weighted by Crippen LogP contribution is -2.41. The Hall–Kier alpha value is -1.89. The lowest BCUT2D eigenvalue weighted by atomic mass is 9.96. The second-order valence-corrected chi connectivity index (χ2v) is 7.11. The van der Waals surface area contributed by atoms with Crippen molar-refractivity contribution in [1.82, 2.24) is 14.8 Å². The van der Waals surface area contributed by atoms with Crippen LogP contribution in [0.1, 0.15) is 10.4 Å². The Labute approximate surface area is 147 Å². The molecule has 1 amide bonds. The van der Waals surface area contributed by atoms with Crippen LogP contribution in [0.25, 0.3) is 10.9 Å². The fourth-order valence-corrected chi connectivity index (χ4v) is 4.00. The maximum atomic E-state index is 12.9. The SMILES string of the molecule is O=C(c1ccc2cc[nH]c2c1)N1C[C@@H](CN2CCOCC2)[C@@H](CO)C1. The third kappa shape index (κ3) is 3.42. The first-order valence-electron chi connectivity index (χ1n) is 9.02. The van der Waals surface area contributed by atoms with Gasteiger partial charge < -0.3 is 19.7 Å². The maximum absolute atomic E-state index is 12.9. The second-order valence-electron chi connectivity index (χ2n) is 7.11. The highest BCUT2D eigenvalue weighted by Crippen LogP contribution is 2.26. The van der Waals surface area contributed by atoms with Crippen LogP contribution in [0.3, 0.4) is 0 Å². The fraction of sp³-hybridized carbons (Fsp3) is 0.526. The molecular formula is C19H25N3O3. The van der Waals surface area contributed by atoms with Gasteiger partial charge in [0, 0.05) is 62.5 Å². The Balaban J connectivity index is 1.45. The van der Waals surface area contributed by atoms with Crippen LogP contribution >= 0.6 is 0 Å². The minimum Gasteiger partial charge on any atom is -0.396 e. The highest BCUT2D eigenvalue weighted by molar-refractivity contribution is 5.98. The Morgan fingerprint density at radius 1 is 1.20 bits per heavy atom. The lowest BCUT2D eigenvalue weighted by molar-refractivity contribution is 0.0264. The first-order chi connectivity index (χ1) is 12.2. The molecule has 2 N–H and O–H groups in total. The van der Waals surface area contributed by atoms with Crippen LogP contribution in [-0.2, 0) is 4.74 Å². The Bertz CT molecular complexity index is 738. The van der Waals surface area contributed by atoms with E-state index in [1.54, 1.807) is 0 Å². The highest BCUT2D eigenvalue weighted by Gasteiger charge is 2.36. The molecule has 2 atom stereocenters. The van der Waals surface area contributed by atoms with E-state index in [0.717, 1.165) is 43.8 Å². The molecule has 2 aliphatic heterocycles. The number of aromatic nitrogens is 1. The number of likely N-dealkylation sites (tertiary alicyclic amines) is 1. The molecule has 0 bridgehead atoms. The number of aliphatic hydroxyl groups is 1. The summed E-state index contributed by atoms with van der Waals surface area (Å²) >= 11 is 0. The molecule has 0 saturated carbocycles. The number of rotatable bonds is 4. The van der Waals surface area contributed by atoms with Gasteiger partial charge in [0.05, 0.1) is 13.2 Å². The fourth-order valence-electron chi connectivity index (χ4n) is 4.00. The molecule has 0 aliphatic carbocycles. The monoisotopic (exact) mass is 343 g/mol. The number of hydrogen-bond donors (Lipinski definition) is 2. The van der Waals surface area contributed by atoms with E-state index >= 15 is 0 Å². The van der Waals surface area contributed by atoms with Crippen molar-refractivity contribution in [3.8, 4) is 0 Å². The molecule has 4 rings (SSSR count). The number of carbonyl (C=O) groups is 1. The number of hydrogen-bond acceptors (Lipinski definition) is 4. The molecule has 25 heavy (non-hydrogen) atoms. The molecule has 2 saturated heterocycles. The molecule has 6 heteroatoms. The van der Waals surface area contributed by atoms with Crippen LogP contribution in [0.15, 0.2) is 30.5 Å². The first kappa shape index (κ1) is 16.6. The molecule has 0 spiro atoms. The molecule has 1 aromatic heterocycles. The van der Waals surface area contributed by atoms with Crippen LogP contribution in [0.5, 0.6) is 0 Å². The Morgan fingerprint density at radius 3 is 2.80 bits per heavy atom. The van der Waals surface area contributed by atoms with Crippen molar-refractivity contribution in [2.24, 2.45) is 11.8 Å². The van der Waals surface area contributed by atoms with E-state index in [1.165, 1.54) is 0 Å². The predicted molar refractivity (Wildman–Crippen MR) is 95.5 cm³/mol. The average Bonchev–Trinajstić information content (AvgIpc) is 3.28. The summed E-state index contributed by atoms with van der Waals surface area (Å²) < 4.78 is 5.40. The quantitative estimate of drug-likeness (QED) is 0.875. The molecule has 3 heterocycles. The van der Waals surface area contributed by atoms with Gasteiger partial charge in [-0.15, -0.1) is 0 Å². The van der Waals surface area contributed by atoms with Crippen molar-refractivity contribution in [3.05, 3.63) is 36.0 Å². The van der Waals surface area contributed by atoms with Crippen molar-refractivity contribution in [1.29, 1.82) is 0 Å². The molecule has 0 unspecified atom stereocenters. The number of nitrogens with one attached hydrogen (secondary N) is 1. The maximum Gasteiger partial charge on any atom is 0.253 e. The van der Waals surface area contributed by atoms with Crippen LogP contribution in [0.4, 0.5) is 0 Å². The molecule has 1 aromatic carbocycles. The number of ether oxygens (including phenoxy) is 1. The lowest BCUT2D eigenvalue weighted by Gasteiger charge is -2.30. The van der Waals surface area contributed by atoms with Crippen LogP contribution < -0.4 is 0 Å². The van der Waals surface area contributed by atoms with Crippen molar-refractivity contribution >= 4 is 16.8 Å². The third-order valence-electron chi connectivity index (χ3n) is 5.50. The van der Waals surface area contributed by atoms with Gasteiger partial charge in [0.15, 0.2) is 0 Å². The Morgan fingerprint density at radius 2 is 2.00 bits per heavy atom. The van der Waals surface area contributed by atoms with Crippen LogP contribution in [-0.4, -0.2) is 78.3 Å². The summed E-state index contributed by atoms with van der Waals surface area (Å²) in [6, 6.07) is 7.78. The molecule has 2 fully saturated rings. The minimum atomic E-state index is 0.0550. The largest absolute Gasteiger partial charge is 0.396 e. The number of carbonyl (C=O) groups excluding carboxylic acids is 1. The van der Waals surface area contributed by atoms with Gasteiger partial charge in [0.25, 0.3) is 5.91 Å². The van der Waals surface area contributed by atoms with Crippen LogP contribution in [0, 0.1) is 11.8 Å². The van der Waals surface area contributed by atoms with Crippen LogP contribution in [0.2, 0.25) is 0 Å².